The molecule has 1 aliphatic heterocycles. The Kier molecular flexibility index (Phi) is 4.98. The predicted molar refractivity (Wildman–Crippen MR) is 85.5 cm³/mol. The minimum atomic E-state index is -0.643. The van der Waals surface area contributed by atoms with E-state index in [1.165, 1.54) is 12.8 Å². The minimum absolute atomic E-state index is 0.0402. The molecule has 0 amide bonds. The molecule has 0 bridgehead atoms. The van der Waals surface area contributed by atoms with Gasteiger partial charge in [0.25, 0.3) is 0 Å². The van der Waals surface area contributed by atoms with Crippen LogP contribution in [0.2, 0.25) is 0 Å². The second-order valence-electron chi connectivity index (χ2n) is 7.54. The van der Waals surface area contributed by atoms with Crippen molar-refractivity contribution in [3.63, 3.8) is 0 Å². The van der Waals surface area contributed by atoms with Crippen LogP contribution in [-0.4, -0.2) is 38.5 Å². The van der Waals surface area contributed by atoms with Gasteiger partial charge in [0.2, 0.25) is 0 Å². The van der Waals surface area contributed by atoms with Crippen LogP contribution in [0, 0.1) is 0 Å². The SMILES string of the molecule is CC[S@](=O)[C@@H]1CCC[C@H](N[C@H]2CC(C)(C)OC2(C)C)C1. The highest BCUT2D eigenvalue weighted by Gasteiger charge is 2.46. The normalized spacial score (nSPS) is 37.8. The summed E-state index contributed by atoms with van der Waals surface area (Å²) in [7, 11) is -0.643. The molecule has 118 valence electrons. The molecule has 1 saturated heterocycles. The summed E-state index contributed by atoms with van der Waals surface area (Å²) in [5.41, 5.74) is -0.151. The molecule has 0 spiro atoms. The van der Waals surface area contributed by atoms with E-state index in [4.69, 9.17) is 4.74 Å². The number of ether oxygens (including phenoxy) is 1. The molecule has 2 aliphatic rings. The number of rotatable bonds is 4. The largest absolute Gasteiger partial charge is 0.368 e. The summed E-state index contributed by atoms with van der Waals surface area (Å²) >= 11 is 0. The van der Waals surface area contributed by atoms with Gasteiger partial charge in [0, 0.05) is 33.9 Å². The molecular formula is C16H31NO2S. The molecule has 20 heavy (non-hydrogen) atoms. The van der Waals surface area contributed by atoms with Gasteiger partial charge in [-0.05, 0) is 53.4 Å². The predicted octanol–water partition coefficient (Wildman–Crippen LogP) is 3.00. The summed E-state index contributed by atoms with van der Waals surface area (Å²) in [4.78, 5) is 0. The van der Waals surface area contributed by atoms with Crippen molar-refractivity contribution >= 4 is 10.8 Å². The van der Waals surface area contributed by atoms with E-state index in [2.05, 4.69) is 33.0 Å². The second-order valence-corrected chi connectivity index (χ2v) is 9.55. The van der Waals surface area contributed by atoms with E-state index >= 15 is 0 Å². The quantitative estimate of drug-likeness (QED) is 0.867. The highest BCUT2D eigenvalue weighted by molar-refractivity contribution is 7.85. The second kappa shape index (κ2) is 6.05. The Morgan fingerprint density at radius 2 is 1.95 bits per heavy atom. The fourth-order valence-electron chi connectivity index (χ4n) is 3.88. The lowest BCUT2D eigenvalue weighted by Crippen LogP contribution is -2.50. The van der Waals surface area contributed by atoms with Crippen molar-refractivity contribution in [2.45, 2.75) is 95.3 Å². The standard InChI is InChI=1S/C16H31NO2S/c1-6-20(18)13-9-7-8-12(10-13)17-14-11-15(2,3)19-16(14,4)5/h12-14,17H,6-11H2,1-5H3/t12-,13+,14-,20-/m0/s1. The molecule has 1 aliphatic carbocycles. The van der Waals surface area contributed by atoms with Crippen molar-refractivity contribution in [3.8, 4) is 0 Å². The van der Waals surface area contributed by atoms with Gasteiger partial charge < -0.3 is 10.1 Å². The first-order valence-electron chi connectivity index (χ1n) is 8.07. The number of hydrogen-bond donors (Lipinski definition) is 1. The molecule has 1 N–H and O–H groups in total. The van der Waals surface area contributed by atoms with E-state index in [0.717, 1.165) is 25.0 Å². The Morgan fingerprint density at radius 3 is 2.50 bits per heavy atom. The van der Waals surface area contributed by atoms with E-state index in [-0.39, 0.29) is 11.2 Å². The molecule has 1 heterocycles. The number of nitrogens with one attached hydrogen (secondary N) is 1. The molecular weight excluding hydrogens is 270 g/mol. The Labute approximate surface area is 126 Å². The summed E-state index contributed by atoms with van der Waals surface area (Å²) in [5, 5.41) is 4.21. The molecule has 0 unspecified atom stereocenters. The van der Waals surface area contributed by atoms with Crippen LogP contribution in [0.25, 0.3) is 0 Å². The fraction of sp³-hybridized carbons (Fsp3) is 1.00. The van der Waals surface area contributed by atoms with Gasteiger partial charge in [-0.3, -0.25) is 4.21 Å². The molecule has 4 atom stereocenters. The number of hydrogen-bond acceptors (Lipinski definition) is 3. The van der Waals surface area contributed by atoms with Gasteiger partial charge in [-0.15, -0.1) is 0 Å². The van der Waals surface area contributed by atoms with Gasteiger partial charge in [-0.25, -0.2) is 0 Å². The Balaban J connectivity index is 1.94. The third-order valence-electron chi connectivity index (χ3n) is 4.79. The van der Waals surface area contributed by atoms with Crippen LogP contribution >= 0.6 is 0 Å². The lowest BCUT2D eigenvalue weighted by Gasteiger charge is -2.35. The van der Waals surface area contributed by atoms with Crippen LogP contribution in [0.5, 0.6) is 0 Å². The molecule has 2 rings (SSSR count). The van der Waals surface area contributed by atoms with Crippen LogP contribution < -0.4 is 5.32 Å². The summed E-state index contributed by atoms with van der Waals surface area (Å²) in [5.74, 6) is 0.794. The van der Waals surface area contributed by atoms with Crippen molar-refractivity contribution < 1.29 is 8.95 Å². The first kappa shape index (κ1) is 16.4. The van der Waals surface area contributed by atoms with E-state index in [0.29, 0.717) is 17.3 Å². The Hall–Kier alpha value is 0.0700. The van der Waals surface area contributed by atoms with Crippen molar-refractivity contribution in [2.24, 2.45) is 0 Å². The van der Waals surface area contributed by atoms with Crippen molar-refractivity contribution in [3.05, 3.63) is 0 Å². The third kappa shape index (κ3) is 3.83. The monoisotopic (exact) mass is 301 g/mol. The van der Waals surface area contributed by atoms with Gasteiger partial charge in [0.1, 0.15) is 0 Å². The molecule has 0 aromatic rings. The van der Waals surface area contributed by atoms with Crippen LogP contribution in [0.4, 0.5) is 0 Å². The maximum Gasteiger partial charge on any atom is 0.0787 e. The third-order valence-corrected chi connectivity index (χ3v) is 6.53. The van der Waals surface area contributed by atoms with E-state index < -0.39 is 10.8 Å². The van der Waals surface area contributed by atoms with Gasteiger partial charge in [0.15, 0.2) is 0 Å². The van der Waals surface area contributed by atoms with E-state index in [9.17, 15) is 4.21 Å². The van der Waals surface area contributed by atoms with Crippen molar-refractivity contribution in [1.29, 1.82) is 0 Å². The average molecular weight is 301 g/mol. The lowest BCUT2D eigenvalue weighted by atomic mass is 9.90. The molecule has 0 radical (unpaired) electrons. The lowest BCUT2D eigenvalue weighted by molar-refractivity contribution is -0.0706. The fourth-order valence-corrected chi connectivity index (χ4v) is 5.23. The Morgan fingerprint density at radius 1 is 1.25 bits per heavy atom. The van der Waals surface area contributed by atoms with Crippen LogP contribution in [0.1, 0.15) is 66.7 Å². The summed E-state index contributed by atoms with van der Waals surface area (Å²) < 4.78 is 18.2. The zero-order valence-corrected chi connectivity index (χ0v) is 14.5. The Bertz CT molecular complexity index is 367. The molecule has 2 fully saturated rings. The smallest absolute Gasteiger partial charge is 0.0787 e. The summed E-state index contributed by atoms with van der Waals surface area (Å²) in [6, 6.07) is 0.905. The molecule has 1 saturated carbocycles. The van der Waals surface area contributed by atoms with Crippen LogP contribution in [-0.2, 0) is 15.5 Å². The van der Waals surface area contributed by atoms with Gasteiger partial charge in [0.05, 0.1) is 11.2 Å². The highest BCUT2D eigenvalue weighted by Crippen LogP contribution is 2.38. The minimum Gasteiger partial charge on any atom is -0.368 e. The maximum atomic E-state index is 12.0. The molecule has 3 nitrogen and oxygen atoms in total. The van der Waals surface area contributed by atoms with Gasteiger partial charge in [-0.1, -0.05) is 13.3 Å². The van der Waals surface area contributed by atoms with Gasteiger partial charge in [-0.2, -0.15) is 0 Å². The zero-order chi connectivity index (χ0) is 15.0. The van der Waals surface area contributed by atoms with Gasteiger partial charge >= 0.3 is 0 Å². The zero-order valence-electron chi connectivity index (χ0n) is 13.7. The van der Waals surface area contributed by atoms with Crippen molar-refractivity contribution in [1.82, 2.24) is 5.32 Å². The van der Waals surface area contributed by atoms with Crippen LogP contribution in [0.15, 0.2) is 0 Å². The highest BCUT2D eigenvalue weighted by atomic mass is 32.2. The summed E-state index contributed by atoms with van der Waals surface area (Å²) in [6.45, 7) is 10.7. The van der Waals surface area contributed by atoms with Crippen molar-refractivity contribution in [2.75, 3.05) is 5.75 Å². The average Bonchev–Trinajstić information content (AvgIpc) is 2.56. The maximum absolute atomic E-state index is 12.0. The van der Waals surface area contributed by atoms with E-state index in [1.54, 1.807) is 0 Å². The molecule has 4 heteroatoms. The van der Waals surface area contributed by atoms with E-state index in [1.807, 2.05) is 6.92 Å². The topological polar surface area (TPSA) is 38.3 Å². The molecule has 0 aromatic heterocycles. The first-order valence-corrected chi connectivity index (χ1v) is 9.45. The molecule has 0 aromatic carbocycles. The van der Waals surface area contributed by atoms with Crippen LogP contribution in [0.3, 0.4) is 0 Å². The first-order chi connectivity index (χ1) is 9.23. The summed E-state index contributed by atoms with van der Waals surface area (Å²) in [6.07, 6.45) is 5.66.